The molecule has 0 saturated heterocycles. The van der Waals surface area contributed by atoms with E-state index >= 15 is 0 Å². The lowest BCUT2D eigenvalue weighted by atomic mass is 10.2. The van der Waals surface area contributed by atoms with Gasteiger partial charge < -0.3 is 11.1 Å². The van der Waals surface area contributed by atoms with Gasteiger partial charge in [0.2, 0.25) is 0 Å². The second-order valence-electron chi connectivity index (χ2n) is 4.02. The number of hydrogen-bond donors (Lipinski definition) is 2. The van der Waals surface area contributed by atoms with E-state index < -0.39 is 5.82 Å². The molecule has 0 saturated carbocycles. The van der Waals surface area contributed by atoms with E-state index in [1.807, 2.05) is 0 Å². The standard InChI is InChI=1S/C14H10BrFN2OS/c15-12-7-9(16)3-6-11(12)14(19)18-10-4-1-8(2-5-10)13(17)20/h1-7H,(H2,17,20)(H,18,19). The van der Waals surface area contributed by atoms with Crippen molar-refractivity contribution in [1.29, 1.82) is 0 Å². The molecule has 0 aliphatic heterocycles. The Hall–Kier alpha value is -1.79. The Labute approximate surface area is 129 Å². The van der Waals surface area contributed by atoms with Crippen molar-refractivity contribution in [2.24, 2.45) is 5.73 Å². The van der Waals surface area contributed by atoms with Gasteiger partial charge in [0, 0.05) is 15.7 Å². The Balaban J connectivity index is 2.17. The zero-order valence-electron chi connectivity index (χ0n) is 10.2. The lowest BCUT2D eigenvalue weighted by molar-refractivity contribution is 0.102. The summed E-state index contributed by atoms with van der Waals surface area (Å²) in [6.45, 7) is 0. The number of anilines is 1. The summed E-state index contributed by atoms with van der Waals surface area (Å²) >= 11 is 8.00. The van der Waals surface area contributed by atoms with E-state index in [2.05, 4.69) is 21.2 Å². The number of benzene rings is 2. The predicted octanol–water partition coefficient (Wildman–Crippen LogP) is 3.47. The van der Waals surface area contributed by atoms with Crippen LogP contribution < -0.4 is 11.1 Å². The van der Waals surface area contributed by atoms with Gasteiger partial charge in [-0.2, -0.15) is 0 Å². The molecule has 2 rings (SSSR count). The molecule has 0 spiro atoms. The number of rotatable bonds is 3. The monoisotopic (exact) mass is 352 g/mol. The summed E-state index contributed by atoms with van der Waals surface area (Å²) in [4.78, 5) is 12.3. The molecule has 0 heterocycles. The first-order chi connectivity index (χ1) is 9.47. The molecule has 0 fully saturated rings. The summed E-state index contributed by atoms with van der Waals surface area (Å²) in [6.07, 6.45) is 0. The van der Waals surface area contributed by atoms with Crippen LogP contribution in [0.25, 0.3) is 0 Å². The Morgan fingerprint density at radius 2 is 1.85 bits per heavy atom. The maximum Gasteiger partial charge on any atom is 0.256 e. The molecule has 1 amide bonds. The number of carbonyl (C=O) groups is 1. The summed E-state index contributed by atoms with van der Waals surface area (Å²) in [5.74, 6) is -0.741. The maximum absolute atomic E-state index is 13.0. The summed E-state index contributed by atoms with van der Waals surface area (Å²) in [5, 5.41) is 2.71. The highest BCUT2D eigenvalue weighted by molar-refractivity contribution is 9.10. The van der Waals surface area contributed by atoms with Gasteiger partial charge in [0.25, 0.3) is 5.91 Å². The van der Waals surface area contributed by atoms with Crippen molar-refractivity contribution in [2.45, 2.75) is 0 Å². The van der Waals surface area contributed by atoms with Gasteiger partial charge in [-0.25, -0.2) is 4.39 Å². The van der Waals surface area contributed by atoms with Crippen molar-refractivity contribution >= 4 is 44.7 Å². The number of thiocarbonyl (C=S) groups is 1. The number of halogens is 2. The minimum Gasteiger partial charge on any atom is -0.389 e. The van der Waals surface area contributed by atoms with Gasteiger partial charge >= 0.3 is 0 Å². The molecule has 3 nitrogen and oxygen atoms in total. The smallest absolute Gasteiger partial charge is 0.256 e. The van der Waals surface area contributed by atoms with E-state index in [0.29, 0.717) is 20.7 Å². The first-order valence-electron chi connectivity index (χ1n) is 5.63. The highest BCUT2D eigenvalue weighted by Crippen LogP contribution is 2.19. The maximum atomic E-state index is 13.0. The molecule has 2 aromatic rings. The van der Waals surface area contributed by atoms with Gasteiger partial charge in [-0.1, -0.05) is 12.2 Å². The van der Waals surface area contributed by atoms with Crippen LogP contribution in [0, 0.1) is 5.82 Å². The molecule has 0 aliphatic carbocycles. The van der Waals surface area contributed by atoms with E-state index in [9.17, 15) is 9.18 Å². The van der Waals surface area contributed by atoms with Crippen LogP contribution in [0.5, 0.6) is 0 Å². The third kappa shape index (κ3) is 3.40. The van der Waals surface area contributed by atoms with Crippen molar-refractivity contribution in [3.8, 4) is 0 Å². The fourth-order valence-electron chi connectivity index (χ4n) is 1.59. The second kappa shape index (κ2) is 6.11. The number of carbonyl (C=O) groups excluding carboxylic acids is 1. The third-order valence-electron chi connectivity index (χ3n) is 2.60. The van der Waals surface area contributed by atoms with Crippen LogP contribution in [-0.4, -0.2) is 10.9 Å². The zero-order valence-corrected chi connectivity index (χ0v) is 12.6. The van der Waals surface area contributed by atoms with E-state index in [1.54, 1.807) is 24.3 Å². The minimum atomic E-state index is -0.408. The lowest BCUT2D eigenvalue weighted by Gasteiger charge is -2.07. The van der Waals surface area contributed by atoms with Gasteiger partial charge in [0.15, 0.2) is 0 Å². The summed E-state index contributed by atoms with van der Waals surface area (Å²) in [7, 11) is 0. The molecule has 0 aliphatic rings. The van der Waals surface area contributed by atoms with Crippen molar-refractivity contribution in [1.82, 2.24) is 0 Å². The van der Waals surface area contributed by atoms with Gasteiger partial charge in [0.05, 0.1) is 5.56 Å². The summed E-state index contributed by atoms with van der Waals surface area (Å²) < 4.78 is 13.4. The van der Waals surface area contributed by atoms with Crippen molar-refractivity contribution in [2.75, 3.05) is 5.32 Å². The molecule has 0 aromatic heterocycles. The Morgan fingerprint density at radius 1 is 1.20 bits per heavy atom. The molecule has 102 valence electrons. The molecule has 20 heavy (non-hydrogen) atoms. The molecule has 2 aromatic carbocycles. The SMILES string of the molecule is NC(=S)c1ccc(NC(=O)c2ccc(F)cc2Br)cc1. The van der Waals surface area contributed by atoms with Crippen LogP contribution >= 0.6 is 28.1 Å². The molecule has 0 radical (unpaired) electrons. The normalized spacial score (nSPS) is 10.1. The first-order valence-corrected chi connectivity index (χ1v) is 6.84. The van der Waals surface area contributed by atoms with E-state index in [1.165, 1.54) is 18.2 Å². The topological polar surface area (TPSA) is 55.1 Å². The fourth-order valence-corrected chi connectivity index (χ4v) is 2.26. The van der Waals surface area contributed by atoms with E-state index in [0.717, 1.165) is 5.56 Å². The molecule has 0 unspecified atom stereocenters. The number of nitrogens with one attached hydrogen (secondary N) is 1. The van der Waals surface area contributed by atoms with Crippen LogP contribution in [0.3, 0.4) is 0 Å². The Kier molecular flexibility index (Phi) is 4.46. The average Bonchev–Trinajstić information content (AvgIpc) is 2.39. The Morgan fingerprint density at radius 3 is 2.40 bits per heavy atom. The van der Waals surface area contributed by atoms with Gasteiger partial charge in [-0.3, -0.25) is 4.79 Å². The molecular formula is C14H10BrFN2OS. The molecule has 3 N–H and O–H groups in total. The highest BCUT2D eigenvalue weighted by atomic mass is 79.9. The number of hydrogen-bond acceptors (Lipinski definition) is 2. The van der Waals surface area contributed by atoms with E-state index in [-0.39, 0.29) is 5.91 Å². The fraction of sp³-hybridized carbons (Fsp3) is 0. The van der Waals surface area contributed by atoms with Crippen molar-refractivity contribution < 1.29 is 9.18 Å². The van der Waals surface area contributed by atoms with Crippen LogP contribution in [0.1, 0.15) is 15.9 Å². The lowest BCUT2D eigenvalue weighted by Crippen LogP contribution is -2.13. The van der Waals surface area contributed by atoms with Crippen LogP contribution in [0.15, 0.2) is 46.9 Å². The van der Waals surface area contributed by atoms with E-state index in [4.69, 9.17) is 18.0 Å². The quantitative estimate of drug-likeness (QED) is 0.831. The Bertz CT molecular complexity index is 673. The summed E-state index contributed by atoms with van der Waals surface area (Å²) in [5.41, 5.74) is 7.17. The van der Waals surface area contributed by atoms with Crippen LogP contribution in [-0.2, 0) is 0 Å². The van der Waals surface area contributed by atoms with Gasteiger partial charge in [0.1, 0.15) is 10.8 Å². The summed E-state index contributed by atoms with van der Waals surface area (Å²) in [6, 6.07) is 10.7. The average molecular weight is 353 g/mol. The number of nitrogens with two attached hydrogens (primary N) is 1. The minimum absolute atomic E-state index is 0.296. The van der Waals surface area contributed by atoms with Crippen molar-refractivity contribution in [3.05, 3.63) is 63.9 Å². The molecule has 0 atom stereocenters. The zero-order chi connectivity index (χ0) is 14.7. The third-order valence-corrected chi connectivity index (χ3v) is 3.49. The number of amides is 1. The molecule has 6 heteroatoms. The van der Waals surface area contributed by atoms with Crippen LogP contribution in [0.2, 0.25) is 0 Å². The highest BCUT2D eigenvalue weighted by Gasteiger charge is 2.11. The van der Waals surface area contributed by atoms with Gasteiger partial charge in [-0.15, -0.1) is 0 Å². The predicted molar refractivity (Wildman–Crippen MR) is 84.4 cm³/mol. The molecular weight excluding hydrogens is 343 g/mol. The van der Waals surface area contributed by atoms with Gasteiger partial charge in [-0.05, 0) is 58.4 Å². The molecule has 0 bridgehead atoms. The van der Waals surface area contributed by atoms with Crippen LogP contribution in [0.4, 0.5) is 10.1 Å². The van der Waals surface area contributed by atoms with Crippen molar-refractivity contribution in [3.63, 3.8) is 0 Å². The second-order valence-corrected chi connectivity index (χ2v) is 5.31. The largest absolute Gasteiger partial charge is 0.389 e. The first kappa shape index (κ1) is 14.6.